The lowest BCUT2D eigenvalue weighted by atomic mass is 10.1. The minimum absolute atomic E-state index is 0.305. The first kappa shape index (κ1) is 11.1. The van der Waals surface area contributed by atoms with Gasteiger partial charge in [-0.05, 0) is 49.5 Å². The van der Waals surface area contributed by atoms with Crippen molar-refractivity contribution in [3.05, 3.63) is 23.9 Å². The molecule has 3 unspecified atom stereocenters. The molecule has 1 heterocycles. The third-order valence-corrected chi connectivity index (χ3v) is 4.24. The summed E-state index contributed by atoms with van der Waals surface area (Å²) in [5.74, 6) is 2.33. The third-order valence-electron chi connectivity index (χ3n) is 4.24. The number of rotatable bonds is 6. The molecule has 1 amide bonds. The molecular formula is C15H21NO. The number of hydrogen-bond acceptors (Lipinski definition) is 1. The fourth-order valence-electron chi connectivity index (χ4n) is 2.91. The summed E-state index contributed by atoms with van der Waals surface area (Å²) in [6.07, 6.45) is 12.7. The highest BCUT2D eigenvalue weighted by molar-refractivity contribution is 5.90. The standard InChI is InChI=1S/C15H21NO/c1-2-3-4-5-6-11-7-12(11)9-16-10-13-8-14(13)15(16)17/h3-4,10-12,14H,2,5-9H2,1H3/b4-3-. The number of allylic oxidation sites excluding steroid dienone is 2. The third kappa shape index (κ3) is 2.31. The Hall–Kier alpha value is -1.05. The van der Waals surface area contributed by atoms with E-state index in [1.807, 2.05) is 4.90 Å². The van der Waals surface area contributed by atoms with Gasteiger partial charge in [-0.15, -0.1) is 0 Å². The van der Waals surface area contributed by atoms with Crippen LogP contribution in [0.15, 0.2) is 23.9 Å². The lowest BCUT2D eigenvalue weighted by Gasteiger charge is -2.14. The van der Waals surface area contributed by atoms with Gasteiger partial charge < -0.3 is 4.90 Å². The molecule has 3 rings (SSSR count). The first-order valence-electron chi connectivity index (χ1n) is 6.95. The fraction of sp³-hybridized carbons (Fsp3) is 0.667. The molecule has 0 aromatic rings. The zero-order chi connectivity index (χ0) is 11.8. The number of carbonyl (C=O) groups is 1. The van der Waals surface area contributed by atoms with Gasteiger partial charge in [0.25, 0.3) is 0 Å². The van der Waals surface area contributed by atoms with Gasteiger partial charge in [-0.2, -0.15) is 0 Å². The first-order valence-corrected chi connectivity index (χ1v) is 6.95. The van der Waals surface area contributed by atoms with Gasteiger partial charge in [0, 0.05) is 12.7 Å². The van der Waals surface area contributed by atoms with Gasteiger partial charge in [0.1, 0.15) is 0 Å². The van der Waals surface area contributed by atoms with Crippen molar-refractivity contribution >= 4 is 5.91 Å². The maximum atomic E-state index is 11.8. The Balaban J connectivity index is 1.38. The van der Waals surface area contributed by atoms with Crippen LogP contribution in [0, 0.1) is 17.8 Å². The second kappa shape index (κ2) is 4.32. The predicted molar refractivity (Wildman–Crippen MR) is 68.2 cm³/mol. The normalized spacial score (nSPS) is 34.2. The van der Waals surface area contributed by atoms with Gasteiger partial charge in [0.05, 0.1) is 5.92 Å². The molecule has 0 radical (unpaired) electrons. The van der Waals surface area contributed by atoms with E-state index >= 15 is 0 Å². The Morgan fingerprint density at radius 1 is 1.41 bits per heavy atom. The van der Waals surface area contributed by atoms with Crippen LogP contribution in [0.2, 0.25) is 0 Å². The van der Waals surface area contributed by atoms with Crippen LogP contribution in [0.4, 0.5) is 0 Å². The summed E-state index contributed by atoms with van der Waals surface area (Å²) in [5.41, 5.74) is 1.37. The van der Waals surface area contributed by atoms with E-state index in [4.69, 9.17) is 0 Å². The minimum atomic E-state index is 0.305. The minimum Gasteiger partial charge on any atom is -0.318 e. The van der Waals surface area contributed by atoms with Gasteiger partial charge in [0.2, 0.25) is 5.91 Å². The van der Waals surface area contributed by atoms with Crippen LogP contribution < -0.4 is 0 Å². The molecule has 3 atom stereocenters. The summed E-state index contributed by atoms with van der Waals surface area (Å²) in [7, 11) is 0. The second-order valence-corrected chi connectivity index (χ2v) is 5.66. The van der Waals surface area contributed by atoms with Crippen molar-refractivity contribution < 1.29 is 4.79 Å². The van der Waals surface area contributed by atoms with Crippen LogP contribution >= 0.6 is 0 Å². The zero-order valence-corrected chi connectivity index (χ0v) is 10.6. The number of hydrogen-bond donors (Lipinski definition) is 0. The molecular weight excluding hydrogens is 210 g/mol. The molecule has 3 aliphatic rings. The van der Waals surface area contributed by atoms with Gasteiger partial charge in [-0.3, -0.25) is 4.79 Å². The maximum absolute atomic E-state index is 11.8. The molecule has 0 bridgehead atoms. The Morgan fingerprint density at radius 3 is 3.00 bits per heavy atom. The van der Waals surface area contributed by atoms with Gasteiger partial charge in [-0.1, -0.05) is 19.1 Å². The summed E-state index contributed by atoms with van der Waals surface area (Å²) in [6.45, 7) is 3.16. The quantitative estimate of drug-likeness (QED) is 0.643. The van der Waals surface area contributed by atoms with E-state index in [-0.39, 0.29) is 0 Å². The van der Waals surface area contributed by atoms with Gasteiger partial charge in [-0.25, -0.2) is 0 Å². The molecule has 2 heteroatoms. The Kier molecular flexibility index (Phi) is 2.81. The molecule has 0 spiro atoms. The monoisotopic (exact) mass is 231 g/mol. The molecule has 0 aromatic heterocycles. The first-order chi connectivity index (χ1) is 8.29. The van der Waals surface area contributed by atoms with Crippen LogP contribution in [-0.4, -0.2) is 17.4 Å². The van der Waals surface area contributed by atoms with Crippen LogP contribution in [0.25, 0.3) is 0 Å². The Bertz CT molecular complexity index is 382. The highest BCUT2D eigenvalue weighted by atomic mass is 16.2. The zero-order valence-electron chi connectivity index (χ0n) is 10.6. The highest BCUT2D eigenvalue weighted by Crippen LogP contribution is 2.48. The lowest BCUT2D eigenvalue weighted by molar-refractivity contribution is -0.128. The summed E-state index contributed by atoms with van der Waals surface area (Å²) in [6, 6.07) is 0. The molecule has 17 heavy (non-hydrogen) atoms. The van der Waals surface area contributed by atoms with E-state index in [2.05, 4.69) is 25.3 Å². The molecule has 2 nitrogen and oxygen atoms in total. The Labute approximate surface area is 103 Å². The lowest BCUT2D eigenvalue weighted by Crippen LogP contribution is -2.26. The average molecular weight is 231 g/mol. The van der Waals surface area contributed by atoms with E-state index in [1.165, 1.54) is 24.8 Å². The van der Waals surface area contributed by atoms with E-state index in [1.54, 1.807) is 0 Å². The van der Waals surface area contributed by atoms with E-state index in [9.17, 15) is 4.79 Å². The second-order valence-electron chi connectivity index (χ2n) is 5.66. The number of fused-ring (bicyclic) bond motifs is 1. The molecule has 2 fully saturated rings. The van der Waals surface area contributed by atoms with E-state index in [0.29, 0.717) is 11.8 Å². The van der Waals surface area contributed by atoms with Crippen molar-refractivity contribution in [3.8, 4) is 0 Å². The van der Waals surface area contributed by atoms with Crippen LogP contribution in [0.1, 0.15) is 39.0 Å². The molecule has 2 aliphatic carbocycles. The van der Waals surface area contributed by atoms with Crippen molar-refractivity contribution in [2.45, 2.75) is 39.0 Å². The molecule has 92 valence electrons. The van der Waals surface area contributed by atoms with E-state index in [0.717, 1.165) is 31.2 Å². The van der Waals surface area contributed by atoms with Crippen LogP contribution in [0.3, 0.4) is 0 Å². The number of amides is 1. The van der Waals surface area contributed by atoms with Crippen molar-refractivity contribution in [1.29, 1.82) is 0 Å². The van der Waals surface area contributed by atoms with Crippen molar-refractivity contribution in [1.82, 2.24) is 4.90 Å². The molecule has 1 aliphatic heterocycles. The van der Waals surface area contributed by atoms with Gasteiger partial charge >= 0.3 is 0 Å². The number of carbonyl (C=O) groups excluding carboxylic acids is 1. The summed E-state index contributed by atoms with van der Waals surface area (Å²) >= 11 is 0. The number of nitrogens with zero attached hydrogens (tertiary/aromatic N) is 1. The van der Waals surface area contributed by atoms with Crippen molar-refractivity contribution in [2.75, 3.05) is 6.54 Å². The summed E-state index contributed by atoms with van der Waals surface area (Å²) < 4.78 is 0. The smallest absolute Gasteiger partial charge is 0.234 e. The van der Waals surface area contributed by atoms with Crippen LogP contribution in [0.5, 0.6) is 0 Å². The highest BCUT2D eigenvalue weighted by Gasteiger charge is 2.47. The van der Waals surface area contributed by atoms with Crippen molar-refractivity contribution in [2.24, 2.45) is 17.8 Å². The molecule has 0 N–H and O–H groups in total. The maximum Gasteiger partial charge on any atom is 0.234 e. The van der Waals surface area contributed by atoms with Gasteiger partial charge in [0.15, 0.2) is 0 Å². The van der Waals surface area contributed by atoms with Crippen molar-refractivity contribution in [3.63, 3.8) is 0 Å². The molecule has 2 saturated carbocycles. The molecule has 0 saturated heterocycles. The SMILES string of the molecule is CC/C=C\CCC1CC1CN1C=C2CC2C1=O. The van der Waals surface area contributed by atoms with Crippen LogP contribution in [-0.2, 0) is 4.79 Å². The average Bonchev–Trinajstić information content (AvgIpc) is 3.20. The summed E-state index contributed by atoms with van der Waals surface area (Å²) in [4.78, 5) is 13.8. The molecule has 0 aromatic carbocycles. The summed E-state index contributed by atoms with van der Waals surface area (Å²) in [5, 5.41) is 0. The van der Waals surface area contributed by atoms with E-state index < -0.39 is 0 Å². The predicted octanol–water partition coefficient (Wildman–Crippen LogP) is 3.11. The largest absolute Gasteiger partial charge is 0.318 e. The topological polar surface area (TPSA) is 20.3 Å². The Morgan fingerprint density at radius 2 is 2.29 bits per heavy atom. The fourth-order valence-corrected chi connectivity index (χ4v) is 2.91.